The number of nitrogens with zero attached hydrogens (tertiary/aromatic N) is 5. The van der Waals surface area contributed by atoms with Crippen molar-refractivity contribution in [3.63, 3.8) is 0 Å². The van der Waals surface area contributed by atoms with Gasteiger partial charge in [-0.1, -0.05) is 31.4 Å². The molecular weight excluding hydrogens is 571 g/mol. The summed E-state index contributed by atoms with van der Waals surface area (Å²) in [5.41, 5.74) is 2.26. The fraction of sp³-hybridized carbons (Fsp3) is 0.457. The number of anilines is 2. The molecule has 2 aliphatic heterocycles. The number of phenolic OH excluding ortho intramolecular Hbond substituents is 1. The van der Waals surface area contributed by atoms with Crippen molar-refractivity contribution in [1.82, 2.24) is 19.8 Å². The summed E-state index contributed by atoms with van der Waals surface area (Å²) in [4.78, 5) is 28.6. The van der Waals surface area contributed by atoms with Gasteiger partial charge in [0.1, 0.15) is 24.0 Å². The molecule has 9 nitrogen and oxygen atoms in total. The zero-order valence-electron chi connectivity index (χ0n) is 26.1. The third-order valence-electron chi connectivity index (χ3n) is 9.97. The number of hydrogen-bond acceptors (Lipinski definition) is 8. The normalized spacial score (nSPS) is 19.2. The van der Waals surface area contributed by atoms with Crippen molar-refractivity contribution >= 4 is 28.2 Å². The second kappa shape index (κ2) is 12.6. The van der Waals surface area contributed by atoms with Crippen LogP contribution in [0, 0.1) is 18.2 Å². The first-order valence-corrected chi connectivity index (χ1v) is 15.8. The van der Waals surface area contributed by atoms with Crippen molar-refractivity contribution in [1.29, 1.82) is 0 Å². The second-order valence-electron chi connectivity index (χ2n) is 12.6. The molecule has 3 heterocycles. The summed E-state index contributed by atoms with van der Waals surface area (Å²) in [6.07, 6.45) is 13.8. The number of ether oxygens (including phenoxy) is 1. The molecule has 0 spiro atoms. The molecular formula is C35H41FN6O3. The van der Waals surface area contributed by atoms with E-state index >= 15 is 0 Å². The summed E-state index contributed by atoms with van der Waals surface area (Å²) < 4.78 is 21.1. The van der Waals surface area contributed by atoms with Crippen LogP contribution in [-0.2, 0) is 17.8 Å². The highest BCUT2D eigenvalue weighted by atomic mass is 19.1. The maximum absolute atomic E-state index is 14.8. The molecule has 1 saturated carbocycles. The van der Waals surface area contributed by atoms with Crippen LogP contribution in [-0.4, -0.2) is 82.7 Å². The van der Waals surface area contributed by atoms with Crippen LogP contribution >= 0.6 is 0 Å². The molecule has 6 rings (SSSR count). The van der Waals surface area contributed by atoms with Gasteiger partial charge in [-0.3, -0.25) is 4.79 Å². The Hall–Kier alpha value is -4.36. The van der Waals surface area contributed by atoms with E-state index in [9.17, 15) is 14.3 Å². The number of carbonyl (C=O) groups excluding carboxylic acids is 1. The van der Waals surface area contributed by atoms with Gasteiger partial charge in [0.15, 0.2) is 0 Å². The summed E-state index contributed by atoms with van der Waals surface area (Å²) in [6.45, 7) is 6.74. The van der Waals surface area contributed by atoms with Gasteiger partial charge in [-0.15, -0.1) is 6.42 Å². The van der Waals surface area contributed by atoms with E-state index in [2.05, 4.69) is 34.7 Å². The van der Waals surface area contributed by atoms with Crippen LogP contribution in [0.3, 0.4) is 0 Å². The fourth-order valence-electron chi connectivity index (χ4n) is 7.26. The molecule has 1 saturated heterocycles. The highest BCUT2D eigenvalue weighted by Crippen LogP contribution is 2.39. The van der Waals surface area contributed by atoms with Gasteiger partial charge < -0.3 is 29.9 Å². The van der Waals surface area contributed by atoms with Crippen LogP contribution in [0.4, 0.5) is 15.9 Å². The lowest BCUT2D eigenvalue weighted by Gasteiger charge is -2.39. The molecule has 1 atom stereocenters. The highest BCUT2D eigenvalue weighted by Gasteiger charge is 2.40. The van der Waals surface area contributed by atoms with Gasteiger partial charge in [0.05, 0.1) is 23.3 Å². The molecule has 0 radical (unpaired) electrons. The van der Waals surface area contributed by atoms with Crippen molar-refractivity contribution < 1.29 is 19.0 Å². The summed E-state index contributed by atoms with van der Waals surface area (Å²) in [6, 6.07) is 6.80. The maximum Gasteiger partial charge on any atom is 0.318 e. The van der Waals surface area contributed by atoms with Gasteiger partial charge in [-0.05, 0) is 69.3 Å². The number of likely N-dealkylation sites (N-methyl/N-ethyl adjacent to an activating group) is 2. The van der Waals surface area contributed by atoms with E-state index in [1.54, 1.807) is 18.2 Å². The third-order valence-corrected chi connectivity index (χ3v) is 9.97. The Morgan fingerprint density at radius 2 is 2.09 bits per heavy atom. The molecule has 1 aromatic heterocycles. The van der Waals surface area contributed by atoms with Crippen molar-refractivity contribution in [2.45, 2.75) is 63.1 Å². The lowest BCUT2D eigenvalue weighted by atomic mass is 9.94. The predicted molar refractivity (Wildman–Crippen MR) is 174 cm³/mol. The molecule has 2 N–H and O–H groups in total. The Labute approximate surface area is 264 Å². The van der Waals surface area contributed by atoms with E-state index in [0.29, 0.717) is 67.0 Å². The smallest absolute Gasteiger partial charge is 0.318 e. The number of phenols is 1. The molecule has 1 amide bonds. The quantitative estimate of drug-likeness (QED) is 0.262. The number of nitrogens with one attached hydrogen (secondary N) is 1. The molecule has 3 aliphatic rings. The minimum atomic E-state index is -0.475. The van der Waals surface area contributed by atoms with Gasteiger partial charge in [0.25, 0.3) is 0 Å². The Balaban J connectivity index is 1.35. The van der Waals surface area contributed by atoms with Gasteiger partial charge in [-0.25, -0.2) is 4.39 Å². The lowest BCUT2D eigenvalue weighted by Crippen LogP contribution is -2.51. The van der Waals surface area contributed by atoms with Crippen molar-refractivity contribution in [2.75, 3.05) is 50.6 Å². The fourth-order valence-corrected chi connectivity index (χ4v) is 7.26. The number of aromatic hydroxyl groups is 1. The van der Waals surface area contributed by atoms with Crippen LogP contribution in [0.25, 0.3) is 10.8 Å². The minimum absolute atomic E-state index is 0.0766. The first-order chi connectivity index (χ1) is 21.7. The number of benzene rings is 2. The summed E-state index contributed by atoms with van der Waals surface area (Å²) >= 11 is 0. The van der Waals surface area contributed by atoms with Crippen molar-refractivity contribution in [3.05, 3.63) is 59.6 Å². The molecule has 1 aliphatic carbocycles. The van der Waals surface area contributed by atoms with Gasteiger partial charge in [0.2, 0.25) is 5.91 Å². The van der Waals surface area contributed by atoms with Crippen LogP contribution in [0.15, 0.2) is 36.9 Å². The second-order valence-corrected chi connectivity index (χ2v) is 12.6. The van der Waals surface area contributed by atoms with Crippen LogP contribution in [0.2, 0.25) is 0 Å². The standard InChI is InChI=1S/C35H41FN6O3/c1-5-26-28(36)12-11-23-18-25(43)19-30(32(23)26)42-17-13-27-29(20-42)38-34(45-21-24-10-9-16-40(24)3)39-33(27)37-22-35(14-7-8-15-35)41(4)31(44)6-2/h1,6,11-12,18-19,24,43H,2,7-10,13-17,20-22H2,3-4H3,(H,37,38,39)/t24-/m0/s1. The first-order valence-electron chi connectivity index (χ1n) is 15.8. The monoisotopic (exact) mass is 612 g/mol. The molecule has 3 aromatic rings. The van der Waals surface area contributed by atoms with Gasteiger partial charge >= 0.3 is 6.01 Å². The molecule has 2 fully saturated rings. The number of terminal acetylenes is 1. The number of fused-ring (bicyclic) bond motifs is 2. The van der Waals surface area contributed by atoms with Crippen molar-refractivity contribution in [2.24, 2.45) is 0 Å². The average Bonchev–Trinajstić information content (AvgIpc) is 3.70. The number of rotatable bonds is 9. The first kappa shape index (κ1) is 30.7. The van der Waals surface area contributed by atoms with E-state index < -0.39 is 5.82 Å². The summed E-state index contributed by atoms with van der Waals surface area (Å²) in [7, 11) is 3.96. The van der Waals surface area contributed by atoms with E-state index in [0.717, 1.165) is 56.3 Å². The van der Waals surface area contributed by atoms with Gasteiger partial charge in [-0.2, -0.15) is 9.97 Å². The zero-order valence-corrected chi connectivity index (χ0v) is 26.1. The average molecular weight is 613 g/mol. The van der Waals surface area contributed by atoms with E-state index in [1.165, 1.54) is 12.1 Å². The number of hydrogen-bond donors (Lipinski definition) is 2. The lowest BCUT2D eigenvalue weighted by molar-refractivity contribution is -0.129. The summed E-state index contributed by atoms with van der Waals surface area (Å²) in [5.74, 6) is 2.73. The third kappa shape index (κ3) is 5.89. The number of amides is 1. The number of carbonyl (C=O) groups is 1. The maximum atomic E-state index is 14.8. The Morgan fingerprint density at radius 3 is 2.80 bits per heavy atom. The molecule has 0 bridgehead atoms. The largest absolute Gasteiger partial charge is 0.508 e. The van der Waals surface area contributed by atoms with Crippen LogP contribution < -0.4 is 15.0 Å². The molecule has 2 aromatic carbocycles. The molecule has 10 heteroatoms. The van der Waals surface area contributed by atoms with Crippen LogP contribution in [0.5, 0.6) is 11.8 Å². The topological polar surface area (TPSA) is 94.1 Å². The molecule has 0 unspecified atom stereocenters. The Bertz CT molecular complexity index is 1660. The van der Waals surface area contributed by atoms with E-state index in [1.807, 2.05) is 11.9 Å². The Morgan fingerprint density at radius 1 is 1.29 bits per heavy atom. The van der Waals surface area contributed by atoms with Gasteiger partial charge in [0, 0.05) is 48.9 Å². The Kier molecular flexibility index (Phi) is 8.56. The highest BCUT2D eigenvalue weighted by molar-refractivity contribution is 6.00. The van der Waals surface area contributed by atoms with E-state index in [-0.39, 0.29) is 22.8 Å². The predicted octanol–water partition coefficient (Wildman–Crippen LogP) is 4.86. The minimum Gasteiger partial charge on any atom is -0.508 e. The number of halogens is 1. The van der Waals surface area contributed by atoms with Crippen molar-refractivity contribution in [3.8, 4) is 24.1 Å². The SMILES string of the molecule is C#Cc1c(F)ccc2cc(O)cc(N3CCc4c(nc(OC[C@@H]5CCCN5C)nc4NCC4(N(C)C(=O)C=C)CCCC4)C3)c12. The zero-order chi connectivity index (χ0) is 31.7. The number of aromatic nitrogens is 2. The molecule has 236 valence electrons. The summed E-state index contributed by atoms with van der Waals surface area (Å²) in [5, 5.41) is 15.4. The molecule has 45 heavy (non-hydrogen) atoms. The number of likely N-dealkylation sites (tertiary alicyclic amines) is 1. The van der Waals surface area contributed by atoms with E-state index in [4.69, 9.17) is 21.1 Å². The van der Waals surface area contributed by atoms with Crippen LogP contribution in [0.1, 0.15) is 55.3 Å².